The summed E-state index contributed by atoms with van der Waals surface area (Å²) in [6.45, 7) is -0.384. The Morgan fingerprint density at radius 1 is 0.958 bits per heavy atom. The van der Waals surface area contributed by atoms with E-state index >= 15 is 0 Å². The Kier molecular flexibility index (Phi) is 4.37. The number of nitrogens with two attached hydrogens (primary N) is 2. The summed E-state index contributed by atoms with van der Waals surface area (Å²) in [4.78, 5) is 23.0. The van der Waals surface area contributed by atoms with Gasteiger partial charge in [-0.2, -0.15) is 15.0 Å². The van der Waals surface area contributed by atoms with Crippen molar-refractivity contribution in [3.05, 3.63) is 48.3 Å². The highest BCUT2D eigenvalue weighted by molar-refractivity contribution is 5.83. The summed E-state index contributed by atoms with van der Waals surface area (Å²) in [5.41, 5.74) is 10.9. The molecule has 0 saturated heterocycles. The molecule has 1 aromatic heterocycles. The maximum atomic E-state index is 11.7. The van der Waals surface area contributed by atoms with Gasteiger partial charge < -0.3 is 20.9 Å². The van der Waals surface area contributed by atoms with Gasteiger partial charge in [-0.15, -0.1) is 0 Å². The molecule has 0 spiro atoms. The fraction of sp³-hybridized carbons (Fsp3) is 0.125. The highest BCUT2D eigenvalue weighted by Crippen LogP contribution is 2.20. The van der Waals surface area contributed by atoms with Gasteiger partial charge in [0.15, 0.2) is 19.0 Å². The Bertz CT molecular complexity index is 864. The molecule has 122 valence electrons. The van der Waals surface area contributed by atoms with Gasteiger partial charge in [-0.05, 0) is 22.9 Å². The van der Waals surface area contributed by atoms with Gasteiger partial charge in [0.25, 0.3) is 0 Å². The zero-order valence-corrected chi connectivity index (χ0v) is 12.7. The van der Waals surface area contributed by atoms with Crippen LogP contribution >= 0.6 is 0 Å². The number of hydrogen-bond acceptors (Lipinski definition) is 8. The molecular weight excluding hydrogens is 310 g/mol. The first-order chi connectivity index (χ1) is 11.6. The van der Waals surface area contributed by atoms with Crippen molar-refractivity contribution in [3.63, 3.8) is 0 Å². The first-order valence-electron chi connectivity index (χ1n) is 7.13. The fourth-order valence-corrected chi connectivity index (χ4v) is 2.11. The van der Waals surface area contributed by atoms with Gasteiger partial charge in [0.1, 0.15) is 5.75 Å². The number of ether oxygens (including phenoxy) is 2. The van der Waals surface area contributed by atoms with Gasteiger partial charge in [-0.3, -0.25) is 0 Å². The van der Waals surface area contributed by atoms with Crippen molar-refractivity contribution in [2.75, 3.05) is 18.1 Å². The number of carbonyl (C=O) groups is 1. The summed E-state index contributed by atoms with van der Waals surface area (Å²) >= 11 is 0. The van der Waals surface area contributed by atoms with Gasteiger partial charge in [-0.1, -0.05) is 30.3 Å². The van der Waals surface area contributed by atoms with Gasteiger partial charge >= 0.3 is 5.97 Å². The smallest absolute Gasteiger partial charge is 0.344 e. The highest BCUT2D eigenvalue weighted by atomic mass is 16.6. The number of nitrogens with zero attached hydrogens (tertiary/aromatic N) is 3. The molecule has 8 heteroatoms. The number of fused-ring (bicyclic) bond motifs is 1. The second-order valence-corrected chi connectivity index (χ2v) is 4.93. The van der Waals surface area contributed by atoms with Crippen LogP contribution < -0.4 is 16.2 Å². The van der Waals surface area contributed by atoms with E-state index in [1.165, 1.54) is 0 Å². The second kappa shape index (κ2) is 6.78. The van der Waals surface area contributed by atoms with Crippen molar-refractivity contribution in [1.29, 1.82) is 0 Å². The minimum atomic E-state index is -0.555. The van der Waals surface area contributed by atoms with Crippen LogP contribution in [0.4, 0.5) is 11.9 Å². The van der Waals surface area contributed by atoms with Crippen LogP contribution in [0.1, 0.15) is 5.82 Å². The van der Waals surface area contributed by atoms with Crippen LogP contribution in [0.2, 0.25) is 0 Å². The van der Waals surface area contributed by atoms with E-state index in [0.29, 0.717) is 5.75 Å². The number of hydrogen-bond donors (Lipinski definition) is 2. The average molecular weight is 325 g/mol. The summed E-state index contributed by atoms with van der Waals surface area (Å²) < 4.78 is 10.5. The molecule has 0 saturated carbocycles. The number of aromatic nitrogens is 3. The zero-order valence-electron chi connectivity index (χ0n) is 12.7. The Labute approximate surface area is 137 Å². The van der Waals surface area contributed by atoms with Crippen molar-refractivity contribution in [3.8, 4) is 5.75 Å². The molecule has 4 N–H and O–H groups in total. The third-order valence-electron chi connectivity index (χ3n) is 3.16. The van der Waals surface area contributed by atoms with Crippen LogP contribution in [0.25, 0.3) is 10.8 Å². The average Bonchev–Trinajstić information content (AvgIpc) is 2.57. The molecule has 3 aromatic rings. The Morgan fingerprint density at radius 3 is 2.42 bits per heavy atom. The van der Waals surface area contributed by atoms with Crippen LogP contribution in [0, 0.1) is 0 Å². The van der Waals surface area contributed by atoms with Crippen LogP contribution in [-0.4, -0.2) is 27.5 Å². The van der Waals surface area contributed by atoms with E-state index < -0.39 is 5.97 Å². The topological polar surface area (TPSA) is 126 Å². The third kappa shape index (κ3) is 3.86. The van der Waals surface area contributed by atoms with Gasteiger partial charge in [0.05, 0.1) is 0 Å². The molecule has 2 aromatic carbocycles. The second-order valence-electron chi connectivity index (χ2n) is 4.93. The molecule has 3 rings (SSSR count). The minimum absolute atomic E-state index is 0.0269. The number of nitrogen functional groups attached to an aromatic ring is 2. The van der Waals surface area contributed by atoms with Crippen molar-refractivity contribution < 1.29 is 14.3 Å². The molecule has 0 atom stereocenters. The zero-order chi connectivity index (χ0) is 16.9. The lowest BCUT2D eigenvalue weighted by Crippen LogP contribution is -2.16. The van der Waals surface area contributed by atoms with Crippen LogP contribution in [0.15, 0.2) is 42.5 Å². The lowest BCUT2D eigenvalue weighted by Gasteiger charge is -2.08. The molecule has 0 bridgehead atoms. The maximum absolute atomic E-state index is 11.7. The lowest BCUT2D eigenvalue weighted by molar-refractivity contribution is -0.147. The van der Waals surface area contributed by atoms with Gasteiger partial charge in [0, 0.05) is 0 Å². The Morgan fingerprint density at radius 2 is 1.67 bits per heavy atom. The van der Waals surface area contributed by atoms with Gasteiger partial charge in [-0.25, -0.2) is 4.79 Å². The number of rotatable bonds is 5. The molecule has 24 heavy (non-hydrogen) atoms. The summed E-state index contributed by atoms with van der Waals surface area (Å²) in [6, 6.07) is 13.4. The molecule has 0 unspecified atom stereocenters. The number of carbonyl (C=O) groups excluding carboxylic acids is 1. The quantitative estimate of drug-likeness (QED) is 0.672. The van der Waals surface area contributed by atoms with Crippen LogP contribution in [0.5, 0.6) is 5.75 Å². The van der Waals surface area contributed by atoms with Crippen molar-refractivity contribution in [2.24, 2.45) is 0 Å². The molecule has 1 heterocycles. The van der Waals surface area contributed by atoms with E-state index in [4.69, 9.17) is 20.9 Å². The predicted octanol–water partition coefficient (Wildman–Crippen LogP) is 1.31. The molecule has 0 aliphatic carbocycles. The first-order valence-corrected chi connectivity index (χ1v) is 7.13. The fourth-order valence-electron chi connectivity index (χ4n) is 2.11. The molecule has 0 aliphatic heterocycles. The van der Waals surface area contributed by atoms with E-state index in [2.05, 4.69) is 15.0 Å². The van der Waals surface area contributed by atoms with Crippen molar-refractivity contribution >= 4 is 28.6 Å². The predicted molar refractivity (Wildman–Crippen MR) is 87.9 cm³/mol. The largest absolute Gasteiger partial charge is 0.482 e. The molecule has 0 aliphatic rings. The summed E-state index contributed by atoms with van der Waals surface area (Å²) in [5.74, 6) is 0.154. The molecule has 0 amide bonds. The monoisotopic (exact) mass is 325 g/mol. The lowest BCUT2D eigenvalue weighted by atomic mass is 10.1. The SMILES string of the molecule is Nc1nc(N)nc(COC(=O)COc2ccc3ccccc3c2)n1. The third-order valence-corrected chi connectivity index (χ3v) is 3.16. The summed E-state index contributed by atoms with van der Waals surface area (Å²) in [5, 5.41) is 2.12. The Hall–Kier alpha value is -3.42. The maximum Gasteiger partial charge on any atom is 0.344 e. The number of benzene rings is 2. The van der Waals surface area contributed by atoms with Crippen molar-refractivity contribution in [1.82, 2.24) is 15.0 Å². The normalized spacial score (nSPS) is 10.5. The molecule has 8 nitrogen and oxygen atoms in total. The van der Waals surface area contributed by atoms with Gasteiger partial charge in [0.2, 0.25) is 11.9 Å². The summed E-state index contributed by atoms with van der Waals surface area (Å²) in [7, 11) is 0. The van der Waals surface area contributed by atoms with E-state index in [9.17, 15) is 4.79 Å². The Balaban J connectivity index is 1.54. The summed E-state index contributed by atoms with van der Waals surface area (Å²) in [6.07, 6.45) is 0. The molecular formula is C16H15N5O3. The van der Waals surface area contributed by atoms with Crippen molar-refractivity contribution in [2.45, 2.75) is 6.61 Å². The number of esters is 1. The van der Waals surface area contributed by atoms with E-state index in [1.54, 1.807) is 6.07 Å². The van der Waals surface area contributed by atoms with Crippen LogP contribution in [0.3, 0.4) is 0 Å². The van der Waals surface area contributed by atoms with E-state index in [0.717, 1.165) is 10.8 Å². The van der Waals surface area contributed by atoms with E-state index in [1.807, 2.05) is 36.4 Å². The minimum Gasteiger partial charge on any atom is -0.482 e. The highest BCUT2D eigenvalue weighted by Gasteiger charge is 2.08. The van der Waals surface area contributed by atoms with Crippen LogP contribution in [-0.2, 0) is 16.1 Å². The number of anilines is 2. The molecule has 0 fully saturated rings. The molecule has 0 radical (unpaired) electrons. The first kappa shape index (κ1) is 15.5. The van der Waals surface area contributed by atoms with E-state index in [-0.39, 0.29) is 30.9 Å². The standard InChI is InChI=1S/C16H15N5O3/c17-15-19-13(20-16(18)21-15)8-24-14(22)9-23-12-6-5-10-3-1-2-4-11(10)7-12/h1-7H,8-9H2,(H4,17,18,19,20,21).